The van der Waals surface area contributed by atoms with E-state index in [2.05, 4.69) is 17.4 Å². The Morgan fingerprint density at radius 3 is 2.66 bits per heavy atom. The topological polar surface area (TPSA) is 61.9 Å². The molecule has 0 aliphatic carbocycles. The minimum atomic E-state index is -0.361. The van der Waals surface area contributed by atoms with Gasteiger partial charge in [-0.3, -0.25) is 9.59 Å². The van der Waals surface area contributed by atoms with Crippen LogP contribution in [0.3, 0.4) is 0 Å². The number of amides is 2. The molecule has 3 atom stereocenters. The number of rotatable bonds is 4. The molecule has 3 aliphatic heterocycles. The minimum absolute atomic E-state index is 0.00206. The van der Waals surface area contributed by atoms with E-state index in [0.717, 1.165) is 36.2 Å². The predicted molar refractivity (Wildman–Crippen MR) is 111 cm³/mol. The number of piperazine rings is 1. The van der Waals surface area contributed by atoms with Crippen LogP contribution in [-0.4, -0.2) is 55.0 Å². The molecule has 2 amide bonds. The lowest BCUT2D eigenvalue weighted by atomic mass is 10.0. The maximum absolute atomic E-state index is 13.3. The lowest BCUT2D eigenvalue weighted by Gasteiger charge is -2.35. The second-order valence-electron chi connectivity index (χ2n) is 8.01. The summed E-state index contributed by atoms with van der Waals surface area (Å²) < 4.78 is 5.58. The first-order valence-electron chi connectivity index (χ1n) is 10.3. The molecule has 0 saturated carbocycles. The third kappa shape index (κ3) is 2.99. The van der Waals surface area contributed by atoms with Crippen LogP contribution in [0.4, 0.5) is 5.69 Å². The van der Waals surface area contributed by atoms with Gasteiger partial charge in [-0.15, -0.1) is 0 Å². The largest absolute Gasteiger partial charge is 0.495 e. The molecule has 5 rings (SSSR count). The third-order valence-electron chi connectivity index (χ3n) is 6.35. The monoisotopic (exact) mass is 391 g/mol. The van der Waals surface area contributed by atoms with E-state index in [4.69, 9.17) is 4.74 Å². The third-order valence-corrected chi connectivity index (χ3v) is 6.35. The van der Waals surface area contributed by atoms with Gasteiger partial charge in [0.2, 0.25) is 11.8 Å². The molecule has 3 heterocycles. The van der Waals surface area contributed by atoms with Gasteiger partial charge in [-0.25, -0.2) is 0 Å². The number of hydrogen-bond acceptors (Lipinski definition) is 4. The Balaban J connectivity index is 1.44. The van der Waals surface area contributed by atoms with Crippen molar-refractivity contribution < 1.29 is 14.3 Å². The zero-order chi connectivity index (χ0) is 20.0. The molecule has 2 aromatic rings. The van der Waals surface area contributed by atoms with Gasteiger partial charge in [-0.2, -0.15) is 0 Å². The Labute approximate surface area is 170 Å². The SMILES string of the molecule is COc1ccc(-c2ccccc2)cc1N1C(=O)[C@@H]2C[C@H]1CN2C(=O)[C@@H]1CCCN1. The Morgan fingerprint density at radius 1 is 1.14 bits per heavy atom. The van der Waals surface area contributed by atoms with E-state index < -0.39 is 0 Å². The van der Waals surface area contributed by atoms with Crippen LogP contribution in [0, 0.1) is 0 Å². The number of anilines is 1. The maximum Gasteiger partial charge on any atom is 0.250 e. The standard InChI is InChI=1S/C23H25N3O3/c1-29-21-10-9-16(15-6-3-2-4-7-15)12-19(21)26-17-13-20(23(26)28)25(14-17)22(27)18-8-5-11-24-18/h2-4,6-7,9-10,12,17-18,20,24H,5,8,11,13-14H2,1H3/t17-,18-,20-/m0/s1. The zero-order valence-electron chi connectivity index (χ0n) is 16.5. The molecule has 3 fully saturated rings. The van der Waals surface area contributed by atoms with E-state index in [1.54, 1.807) is 12.0 Å². The Kier molecular flexibility index (Phi) is 4.51. The van der Waals surface area contributed by atoms with Crippen molar-refractivity contribution in [3.05, 3.63) is 48.5 Å². The van der Waals surface area contributed by atoms with Gasteiger partial charge in [0.25, 0.3) is 0 Å². The summed E-state index contributed by atoms with van der Waals surface area (Å²) >= 11 is 0. The van der Waals surface area contributed by atoms with Gasteiger partial charge in [0.1, 0.15) is 11.8 Å². The molecule has 3 saturated heterocycles. The summed E-state index contributed by atoms with van der Waals surface area (Å²) in [4.78, 5) is 29.8. The van der Waals surface area contributed by atoms with Gasteiger partial charge in [0.15, 0.2) is 0 Å². The number of nitrogens with one attached hydrogen (secondary N) is 1. The first-order valence-corrected chi connectivity index (χ1v) is 10.3. The number of ether oxygens (including phenoxy) is 1. The molecule has 0 spiro atoms. The quantitative estimate of drug-likeness (QED) is 0.870. The van der Waals surface area contributed by atoms with Crippen LogP contribution in [0.15, 0.2) is 48.5 Å². The second kappa shape index (κ2) is 7.19. The lowest BCUT2D eigenvalue weighted by Crippen LogP contribution is -2.56. The number of hydrogen-bond donors (Lipinski definition) is 1. The van der Waals surface area contributed by atoms with Crippen LogP contribution < -0.4 is 15.0 Å². The average Bonchev–Trinajstić information content (AvgIpc) is 3.50. The molecule has 2 bridgehead atoms. The van der Waals surface area contributed by atoms with Crippen molar-refractivity contribution in [1.82, 2.24) is 10.2 Å². The van der Waals surface area contributed by atoms with Crippen LogP contribution in [0.5, 0.6) is 5.75 Å². The number of nitrogens with zero attached hydrogens (tertiary/aromatic N) is 2. The number of likely N-dealkylation sites (tertiary alicyclic amines) is 1. The molecule has 6 nitrogen and oxygen atoms in total. The molecule has 29 heavy (non-hydrogen) atoms. The van der Waals surface area contributed by atoms with Crippen molar-refractivity contribution in [3.63, 3.8) is 0 Å². The Hall–Kier alpha value is -2.86. The molecule has 6 heteroatoms. The molecule has 0 radical (unpaired) electrons. The fourth-order valence-corrected chi connectivity index (χ4v) is 4.92. The van der Waals surface area contributed by atoms with Crippen molar-refractivity contribution in [2.45, 2.75) is 37.4 Å². The van der Waals surface area contributed by atoms with Crippen LogP contribution in [0.2, 0.25) is 0 Å². The molecule has 2 aromatic carbocycles. The fourth-order valence-electron chi connectivity index (χ4n) is 4.92. The normalized spacial score (nSPS) is 25.7. The van der Waals surface area contributed by atoms with Crippen LogP contribution in [0.1, 0.15) is 19.3 Å². The van der Waals surface area contributed by atoms with Crippen molar-refractivity contribution >= 4 is 17.5 Å². The Morgan fingerprint density at radius 2 is 1.97 bits per heavy atom. The number of carbonyl (C=O) groups excluding carboxylic acids is 2. The highest BCUT2D eigenvalue weighted by Gasteiger charge is 2.53. The van der Waals surface area contributed by atoms with Crippen molar-refractivity contribution in [2.75, 3.05) is 25.1 Å². The summed E-state index contributed by atoms with van der Waals surface area (Å²) in [5, 5.41) is 3.26. The minimum Gasteiger partial charge on any atom is -0.495 e. The molecule has 150 valence electrons. The number of fused-ring (bicyclic) bond motifs is 2. The van der Waals surface area contributed by atoms with Crippen molar-refractivity contribution in [3.8, 4) is 16.9 Å². The van der Waals surface area contributed by atoms with Gasteiger partial charge in [0.05, 0.1) is 24.9 Å². The van der Waals surface area contributed by atoms with Gasteiger partial charge in [-0.05, 0) is 49.1 Å². The highest BCUT2D eigenvalue weighted by molar-refractivity contribution is 6.05. The summed E-state index contributed by atoms with van der Waals surface area (Å²) in [6.07, 6.45) is 2.56. The smallest absolute Gasteiger partial charge is 0.250 e. The van der Waals surface area contributed by atoms with E-state index in [-0.39, 0.29) is 29.9 Å². The summed E-state index contributed by atoms with van der Waals surface area (Å²) in [5.74, 6) is 0.755. The maximum atomic E-state index is 13.3. The summed E-state index contributed by atoms with van der Waals surface area (Å²) in [7, 11) is 1.63. The van der Waals surface area contributed by atoms with E-state index in [1.165, 1.54) is 0 Å². The molecular formula is C23H25N3O3. The van der Waals surface area contributed by atoms with Gasteiger partial charge in [-0.1, -0.05) is 36.4 Å². The van der Waals surface area contributed by atoms with E-state index >= 15 is 0 Å². The van der Waals surface area contributed by atoms with Crippen molar-refractivity contribution in [2.24, 2.45) is 0 Å². The summed E-state index contributed by atoms with van der Waals surface area (Å²) in [5.41, 5.74) is 2.93. The van der Waals surface area contributed by atoms with E-state index in [9.17, 15) is 9.59 Å². The average molecular weight is 391 g/mol. The first-order chi connectivity index (χ1) is 14.2. The predicted octanol–water partition coefficient (Wildman–Crippen LogP) is 2.43. The lowest BCUT2D eigenvalue weighted by molar-refractivity contribution is -0.139. The van der Waals surface area contributed by atoms with Crippen LogP contribution >= 0.6 is 0 Å². The first kappa shape index (κ1) is 18.2. The van der Waals surface area contributed by atoms with E-state index in [1.807, 2.05) is 41.3 Å². The van der Waals surface area contributed by atoms with Crippen LogP contribution in [-0.2, 0) is 9.59 Å². The molecule has 1 N–H and O–H groups in total. The Bertz CT molecular complexity index is 940. The number of methoxy groups -OCH3 is 1. The summed E-state index contributed by atoms with van der Waals surface area (Å²) in [6, 6.07) is 15.6. The fraction of sp³-hybridized carbons (Fsp3) is 0.391. The number of carbonyl (C=O) groups is 2. The molecule has 0 unspecified atom stereocenters. The van der Waals surface area contributed by atoms with Gasteiger partial charge >= 0.3 is 0 Å². The van der Waals surface area contributed by atoms with Gasteiger partial charge < -0.3 is 19.9 Å². The molecule has 0 aromatic heterocycles. The second-order valence-corrected chi connectivity index (χ2v) is 8.01. The summed E-state index contributed by atoms with van der Waals surface area (Å²) in [6.45, 7) is 1.47. The highest BCUT2D eigenvalue weighted by atomic mass is 16.5. The van der Waals surface area contributed by atoms with Crippen molar-refractivity contribution in [1.29, 1.82) is 0 Å². The zero-order valence-corrected chi connectivity index (χ0v) is 16.5. The van der Waals surface area contributed by atoms with Gasteiger partial charge in [0, 0.05) is 6.54 Å². The van der Waals surface area contributed by atoms with Crippen LogP contribution in [0.25, 0.3) is 11.1 Å². The van der Waals surface area contributed by atoms with E-state index in [0.29, 0.717) is 18.7 Å². The highest BCUT2D eigenvalue weighted by Crippen LogP contribution is 2.42. The molecule has 3 aliphatic rings. The molecular weight excluding hydrogens is 366 g/mol. The number of benzene rings is 2.